The molecule has 3 aromatic rings. The highest BCUT2D eigenvalue weighted by Gasteiger charge is 2.33. The van der Waals surface area contributed by atoms with E-state index in [0.29, 0.717) is 11.7 Å². The second-order valence-corrected chi connectivity index (χ2v) is 6.73. The Bertz CT molecular complexity index is 850. The number of aliphatic hydroxyl groups excluding tert-OH is 2. The Morgan fingerprint density at radius 3 is 2.88 bits per heavy atom. The number of hydrogen-bond donors (Lipinski definition) is 3. The smallest absolute Gasteiger partial charge is 0.132 e. The summed E-state index contributed by atoms with van der Waals surface area (Å²) in [7, 11) is 0. The molecule has 0 bridgehead atoms. The van der Waals surface area contributed by atoms with Crippen LogP contribution in [0.25, 0.3) is 10.9 Å². The van der Waals surface area contributed by atoms with Crippen LogP contribution in [0.15, 0.2) is 48.8 Å². The fraction of sp³-hybridized carbons (Fsp3) is 0.368. The molecular weight excluding hydrogens is 316 g/mol. The fourth-order valence-corrected chi connectivity index (χ4v) is 3.68. The van der Waals surface area contributed by atoms with E-state index in [1.54, 1.807) is 6.20 Å². The van der Waals surface area contributed by atoms with Crippen molar-refractivity contribution in [1.82, 2.24) is 14.8 Å². The topological polar surface area (TPSA) is 83.2 Å². The molecule has 1 fully saturated rings. The second kappa shape index (κ2) is 6.82. The second-order valence-electron chi connectivity index (χ2n) is 6.73. The van der Waals surface area contributed by atoms with Gasteiger partial charge in [0.15, 0.2) is 0 Å². The van der Waals surface area contributed by atoms with Crippen LogP contribution in [0.3, 0.4) is 0 Å². The molecule has 0 saturated heterocycles. The monoisotopic (exact) mass is 338 g/mol. The summed E-state index contributed by atoms with van der Waals surface area (Å²) in [5.41, 5.74) is 1.63. The van der Waals surface area contributed by atoms with Crippen molar-refractivity contribution < 1.29 is 10.2 Å². The minimum absolute atomic E-state index is 0.0699. The lowest BCUT2D eigenvalue weighted by Gasteiger charge is -2.19. The van der Waals surface area contributed by atoms with Crippen LogP contribution in [-0.2, 0) is 13.2 Å². The quantitative estimate of drug-likeness (QED) is 0.664. The van der Waals surface area contributed by atoms with Crippen LogP contribution in [0.4, 0.5) is 5.82 Å². The molecule has 0 amide bonds. The Hall–Kier alpha value is -2.44. The first-order valence-electron chi connectivity index (χ1n) is 8.64. The number of benzene rings is 1. The maximum atomic E-state index is 10.4. The van der Waals surface area contributed by atoms with Gasteiger partial charge >= 0.3 is 0 Å². The fourth-order valence-electron chi connectivity index (χ4n) is 3.68. The molecule has 3 atom stereocenters. The van der Waals surface area contributed by atoms with Gasteiger partial charge in [0.1, 0.15) is 5.82 Å². The largest absolute Gasteiger partial charge is 0.392 e. The van der Waals surface area contributed by atoms with Gasteiger partial charge in [0, 0.05) is 29.9 Å². The van der Waals surface area contributed by atoms with Gasteiger partial charge in [-0.05, 0) is 37.0 Å². The zero-order valence-electron chi connectivity index (χ0n) is 13.9. The number of hydrogen-bond acceptors (Lipinski definition) is 5. The third kappa shape index (κ3) is 3.36. The molecule has 0 spiro atoms. The summed E-state index contributed by atoms with van der Waals surface area (Å²) in [5.74, 6) is 1.02. The summed E-state index contributed by atoms with van der Waals surface area (Å²) in [6.45, 7) is 0.722. The molecule has 1 unspecified atom stereocenters. The third-order valence-electron chi connectivity index (χ3n) is 4.93. The highest BCUT2D eigenvalue weighted by molar-refractivity contribution is 5.81. The molecule has 130 valence electrons. The van der Waals surface area contributed by atoms with E-state index in [4.69, 9.17) is 0 Å². The lowest BCUT2D eigenvalue weighted by Crippen LogP contribution is -2.29. The van der Waals surface area contributed by atoms with Crippen molar-refractivity contribution in [2.24, 2.45) is 5.92 Å². The van der Waals surface area contributed by atoms with E-state index in [0.717, 1.165) is 35.9 Å². The van der Waals surface area contributed by atoms with Gasteiger partial charge in [0.05, 0.1) is 24.3 Å². The SMILES string of the molecule is OCc1cc2ccccc2nc1N[C@@H]1CC(Cn2cccn2)C[C@H]1O. The Labute approximate surface area is 146 Å². The predicted octanol–water partition coefficient (Wildman–Crippen LogP) is 2.18. The first kappa shape index (κ1) is 16.1. The molecule has 6 nitrogen and oxygen atoms in total. The highest BCUT2D eigenvalue weighted by atomic mass is 16.3. The van der Waals surface area contributed by atoms with E-state index in [9.17, 15) is 10.2 Å². The van der Waals surface area contributed by atoms with Crippen molar-refractivity contribution in [3.8, 4) is 0 Å². The average Bonchev–Trinajstić information content (AvgIpc) is 3.24. The average molecular weight is 338 g/mol. The van der Waals surface area contributed by atoms with Crippen LogP contribution in [-0.4, -0.2) is 37.1 Å². The molecular formula is C19H22N4O2. The molecule has 2 heterocycles. The molecule has 6 heteroatoms. The summed E-state index contributed by atoms with van der Waals surface area (Å²) < 4.78 is 1.91. The zero-order chi connectivity index (χ0) is 17.2. The summed E-state index contributed by atoms with van der Waals surface area (Å²) in [5, 5.41) is 28.7. The molecule has 1 aliphatic rings. The summed E-state index contributed by atoms with van der Waals surface area (Å²) in [4.78, 5) is 4.64. The highest BCUT2D eigenvalue weighted by Crippen LogP contribution is 2.31. The Morgan fingerprint density at radius 2 is 2.08 bits per heavy atom. The number of aromatic nitrogens is 3. The summed E-state index contributed by atoms with van der Waals surface area (Å²) >= 11 is 0. The van der Waals surface area contributed by atoms with Crippen LogP contribution in [0.2, 0.25) is 0 Å². The number of para-hydroxylation sites is 1. The van der Waals surface area contributed by atoms with E-state index in [1.165, 1.54) is 0 Å². The number of nitrogens with zero attached hydrogens (tertiary/aromatic N) is 3. The number of pyridine rings is 1. The number of anilines is 1. The number of nitrogens with one attached hydrogen (secondary N) is 1. The Balaban J connectivity index is 1.52. The molecule has 0 aliphatic heterocycles. The molecule has 1 aliphatic carbocycles. The standard InChI is InChI=1S/C19H22N4O2/c24-12-15-10-14-4-1-2-5-16(14)21-19(15)22-17-8-13(9-18(17)25)11-23-7-3-6-20-23/h1-7,10,13,17-18,24-25H,8-9,11-12H2,(H,21,22)/t13?,17-,18-/m1/s1. The van der Waals surface area contributed by atoms with Crippen LogP contribution in [0, 0.1) is 5.92 Å². The molecule has 3 N–H and O–H groups in total. The predicted molar refractivity (Wildman–Crippen MR) is 96.0 cm³/mol. The molecule has 0 radical (unpaired) electrons. The van der Waals surface area contributed by atoms with Gasteiger partial charge in [-0.25, -0.2) is 4.98 Å². The summed E-state index contributed by atoms with van der Waals surface area (Å²) in [6.07, 6.45) is 4.87. The van der Waals surface area contributed by atoms with E-state index < -0.39 is 6.10 Å². The zero-order valence-corrected chi connectivity index (χ0v) is 13.9. The van der Waals surface area contributed by atoms with Crippen LogP contribution >= 0.6 is 0 Å². The van der Waals surface area contributed by atoms with Gasteiger partial charge in [0.25, 0.3) is 0 Å². The van der Waals surface area contributed by atoms with Crippen LogP contribution in [0.5, 0.6) is 0 Å². The first-order valence-corrected chi connectivity index (χ1v) is 8.64. The van der Waals surface area contributed by atoms with E-state index in [1.807, 2.05) is 47.3 Å². The van der Waals surface area contributed by atoms with Gasteiger partial charge in [-0.2, -0.15) is 5.10 Å². The molecule has 1 saturated carbocycles. The number of rotatable bonds is 5. The maximum absolute atomic E-state index is 10.4. The van der Waals surface area contributed by atoms with Crippen molar-refractivity contribution in [2.75, 3.05) is 5.32 Å². The number of fused-ring (bicyclic) bond motifs is 1. The van der Waals surface area contributed by atoms with Crippen molar-refractivity contribution >= 4 is 16.7 Å². The van der Waals surface area contributed by atoms with E-state index in [-0.39, 0.29) is 12.6 Å². The van der Waals surface area contributed by atoms with Gasteiger partial charge < -0.3 is 15.5 Å². The van der Waals surface area contributed by atoms with Gasteiger partial charge in [-0.15, -0.1) is 0 Å². The van der Waals surface area contributed by atoms with Gasteiger partial charge in [-0.1, -0.05) is 18.2 Å². The van der Waals surface area contributed by atoms with Crippen molar-refractivity contribution in [2.45, 2.75) is 38.1 Å². The van der Waals surface area contributed by atoms with E-state index in [2.05, 4.69) is 15.4 Å². The molecule has 25 heavy (non-hydrogen) atoms. The maximum Gasteiger partial charge on any atom is 0.132 e. The van der Waals surface area contributed by atoms with Crippen molar-refractivity contribution in [3.05, 3.63) is 54.4 Å². The van der Waals surface area contributed by atoms with Crippen LogP contribution in [0.1, 0.15) is 18.4 Å². The lowest BCUT2D eigenvalue weighted by molar-refractivity contribution is 0.165. The Kier molecular flexibility index (Phi) is 4.38. The normalized spacial score (nSPS) is 23.2. The van der Waals surface area contributed by atoms with Gasteiger partial charge in [0.2, 0.25) is 0 Å². The number of aliphatic hydroxyl groups is 2. The van der Waals surface area contributed by atoms with E-state index >= 15 is 0 Å². The first-order chi connectivity index (χ1) is 12.2. The molecule has 2 aromatic heterocycles. The van der Waals surface area contributed by atoms with Crippen LogP contribution < -0.4 is 5.32 Å². The van der Waals surface area contributed by atoms with Gasteiger partial charge in [-0.3, -0.25) is 4.68 Å². The summed E-state index contributed by atoms with van der Waals surface area (Å²) in [6, 6.07) is 11.6. The minimum Gasteiger partial charge on any atom is -0.392 e. The third-order valence-corrected chi connectivity index (χ3v) is 4.93. The molecule has 1 aromatic carbocycles. The van der Waals surface area contributed by atoms with Crippen molar-refractivity contribution in [1.29, 1.82) is 0 Å². The van der Waals surface area contributed by atoms with Crippen molar-refractivity contribution in [3.63, 3.8) is 0 Å². The molecule has 4 rings (SSSR count). The minimum atomic E-state index is -0.430. The Morgan fingerprint density at radius 1 is 1.20 bits per heavy atom. The lowest BCUT2D eigenvalue weighted by atomic mass is 10.1.